The van der Waals surface area contributed by atoms with Gasteiger partial charge in [-0.2, -0.15) is 0 Å². The second-order valence-electron chi connectivity index (χ2n) is 4.81. The molecule has 0 heterocycles. The molecule has 1 rings (SSSR count). The Kier molecular flexibility index (Phi) is 6.73. The molecule has 0 aliphatic rings. The molecule has 0 atom stereocenters. The molecule has 0 bridgehead atoms. The van der Waals surface area contributed by atoms with Gasteiger partial charge in [-0.3, -0.25) is 14.7 Å². The summed E-state index contributed by atoms with van der Waals surface area (Å²) in [6.45, 7) is 4.10. The molecule has 1 aromatic carbocycles. The number of benzene rings is 1. The molecule has 0 amide bonds. The maximum Gasteiger partial charge on any atom is 0.269 e. The van der Waals surface area contributed by atoms with E-state index >= 15 is 0 Å². The molecule has 0 N–H and O–H groups in total. The largest absolute Gasteiger partial charge is 0.443 e. The summed E-state index contributed by atoms with van der Waals surface area (Å²) in [4.78, 5) is 10.1. The summed E-state index contributed by atoms with van der Waals surface area (Å²) in [6, 6.07) is 5.78. The Balaban J connectivity index is 2.77. The topological polar surface area (TPSA) is 69.4 Å². The van der Waals surface area contributed by atoms with Crippen LogP contribution in [0.4, 0.5) is 5.69 Å². The Morgan fingerprint density at radius 2 is 1.60 bits per heavy atom. The molecular formula is C14H22NO4P. The fraction of sp³-hybridized carbons (Fsp3) is 0.571. The van der Waals surface area contributed by atoms with Crippen LogP contribution in [0.3, 0.4) is 0 Å². The van der Waals surface area contributed by atoms with E-state index in [1.807, 2.05) is 0 Å². The number of nitro groups is 1. The number of nitro benzene ring substituents is 1. The van der Waals surface area contributed by atoms with Crippen molar-refractivity contribution in [3.05, 3.63) is 34.4 Å². The lowest BCUT2D eigenvalue weighted by Gasteiger charge is -2.19. The van der Waals surface area contributed by atoms with Gasteiger partial charge < -0.3 is 4.52 Å². The van der Waals surface area contributed by atoms with Crippen LogP contribution in [-0.2, 0) is 4.57 Å². The lowest BCUT2D eigenvalue weighted by Crippen LogP contribution is -2.03. The van der Waals surface area contributed by atoms with Gasteiger partial charge in [0.1, 0.15) is 5.75 Å². The van der Waals surface area contributed by atoms with Crippen molar-refractivity contribution >= 4 is 13.1 Å². The molecule has 0 aliphatic carbocycles. The monoisotopic (exact) mass is 299 g/mol. The summed E-state index contributed by atoms with van der Waals surface area (Å²) in [5.41, 5.74) is 0.00861. The Hall–Kier alpha value is -1.35. The van der Waals surface area contributed by atoms with Crippen molar-refractivity contribution in [2.24, 2.45) is 0 Å². The quantitative estimate of drug-likeness (QED) is 0.371. The predicted molar refractivity (Wildman–Crippen MR) is 80.9 cm³/mol. The van der Waals surface area contributed by atoms with Gasteiger partial charge in [0, 0.05) is 24.5 Å². The van der Waals surface area contributed by atoms with Crippen LogP contribution in [0, 0.1) is 10.1 Å². The maximum atomic E-state index is 12.8. The van der Waals surface area contributed by atoms with Crippen molar-refractivity contribution in [2.45, 2.75) is 39.5 Å². The molecule has 1 aromatic rings. The Morgan fingerprint density at radius 1 is 1.10 bits per heavy atom. The highest BCUT2D eigenvalue weighted by Gasteiger charge is 2.23. The zero-order valence-electron chi connectivity index (χ0n) is 12.1. The van der Waals surface area contributed by atoms with E-state index in [1.54, 1.807) is 0 Å². The second kappa shape index (κ2) is 8.05. The highest BCUT2D eigenvalue weighted by molar-refractivity contribution is 7.59. The van der Waals surface area contributed by atoms with E-state index in [9.17, 15) is 14.7 Å². The van der Waals surface area contributed by atoms with Crippen LogP contribution in [0.25, 0.3) is 0 Å². The first kappa shape index (κ1) is 16.7. The lowest BCUT2D eigenvalue weighted by atomic mass is 10.3. The molecule has 0 saturated carbocycles. The van der Waals surface area contributed by atoms with Gasteiger partial charge in [0.05, 0.1) is 4.92 Å². The molecular weight excluding hydrogens is 277 g/mol. The van der Waals surface area contributed by atoms with E-state index < -0.39 is 12.3 Å². The zero-order chi connectivity index (χ0) is 15.0. The molecule has 0 aliphatic heterocycles. The summed E-state index contributed by atoms with van der Waals surface area (Å²) in [5, 5.41) is 10.6. The summed E-state index contributed by atoms with van der Waals surface area (Å²) < 4.78 is 18.4. The third kappa shape index (κ3) is 5.33. The van der Waals surface area contributed by atoms with Crippen LogP contribution in [0.1, 0.15) is 39.5 Å². The average molecular weight is 299 g/mol. The van der Waals surface area contributed by atoms with Crippen LogP contribution in [0.5, 0.6) is 5.75 Å². The lowest BCUT2D eigenvalue weighted by molar-refractivity contribution is -0.384. The van der Waals surface area contributed by atoms with Crippen LogP contribution < -0.4 is 4.52 Å². The fourth-order valence-corrected chi connectivity index (χ4v) is 4.33. The normalized spacial score (nSPS) is 11.3. The Labute approximate surface area is 119 Å². The van der Waals surface area contributed by atoms with Gasteiger partial charge in [-0.1, -0.05) is 26.7 Å². The van der Waals surface area contributed by atoms with Crippen molar-refractivity contribution in [1.29, 1.82) is 0 Å². The van der Waals surface area contributed by atoms with E-state index in [2.05, 4.69) is 13.8 Å². The van der Waals surface area contributed by atoms with E-state index in [-0.39, 0.29) is 5.69 Å². The van der Waals surface area contributed by atoms with Crippen molar-refractivity contribution in [2.75, 3.05) is 12.3 Å². The molecule has 5 nitrogen and oxygen atoms in total. The third-order valence-electron chi connectivity index (χ3n) is 3.02. The third-order valence-corrected chi connectivity index (χ3v) is 5.56. The van der Waals surface area contributed by atoms with Gasteiger partial charge in [-0.25, -0.2) is 0 Å². The number of nitrogens with zero attached hydrogens (tertiary/aromatic N) is 1. The highest BCUT2D eigenvalue weighted by Crippen LogP contribution is 2.48. The minimum absolute atomic E-state index is 0.00861. The number of rotatable bonds is 9. The van der Waals surface area contributed by atoms with E-state index in [1.165, 1.54) is 24.3 Å². The number of hydrogen-bond donors (Lipinski definition) is 0. The van der Waals surface area contributed by atoms with Gasteiger partial charge in [0.2, 0.25) is 7.37 Å². The van der Waals surface area contributed by atoms with Crippen LogP contribution >= 0.6 is 7.37 Å². The van der Waals surface area contributed by atoms with Gasteiger partial charge in [0.25, 0.3) is 5.69 Å². The summed E-state index contributed by atoms with van der Waals surface area (Å²) in [6.07, 6.45) is 4.82. The number of hydrogen-bond acceptors (Lipinski definition) is 4. The summed E-state index contributed by atoms with van der Waals surface area (Å²) in [7, 11) is -2.68. The van der Waals surface area contributed by atoms with Crippen LogP contribution in [0.2, 0.25) is 0 Å². The Morgan fingerprint density at radius 3 is 2.00 bits per heavy atom. The van der Waals surface area contributed by atoms with Crippen LogP contribution in [0.15, 0.2) is 24.3 Å². The van der Waals surface area contributed by atoms with Gasteiger partial charge in [0.15, 0.2) is 0 Å². The minimum Gasteiger partial charge on any atom is -0.443 e. The van der Waals surface area contributed by atoms with Crippen molar-refractivity contribution < 1.29 is 14.0 Å². The van der Waals surface area contributed by atoms with E-state index in [4.69, 9.17) is 4.52 Å². The molecule has 112 valence electrons. The molecule has 0 radical (unpaired) electrons. The summed E-state index contributed by atoms with van der Waals surface area (Å²) >= 11 is 0. The van der Waals surface area contributed by atoms with E-state index in [0.717, 1.165) is 25.7 Å². The standard InChI is InChI=1S/C14H22NO4P/c1-3-5-11-20(18,12-6-4-2)19-14-9-7-13(8-10-14)15(16)17/h7-10H,3-6,11-12H2,1-2H3. The van der Waals surface area contributed by atoms with Crippen molar-refractivity contribution in [3.63, 3.8) is 0 Å². The molecule has 0 fully saturated rings. The first-order valence-electron chi connectivity index (χ1n) is 7.03. The first-order valence-corrected chi connectivity index (χ1v) is 9.02. The molecule has 0 spiro atoms. The molecule has 0 aromatic heterocycles. The Bertz CT molecular complexity index is 461. The SMILES string of the molecule is CCCCP(=O)(CCCC)Oc1ccc([N+](=O)[O-])cc1. The first-order chi connectivity index (χ1) is 9.50. The molecule has 0 unspecified atom stereocenters. The van der Waals surface area contributed by atoms with E-state index in [0.29, 0.717) is 18.1 Å². The molecule has 20 heavy (non-hydrogen) atoms. The van der Waals surface area contributed by atoms with Crippen molar-refractivity contribution in [1.82, 2.24) is 0 Å². The van der Waals surface area contributed by atoms with Gasteiger partial charge in [-0.05, 0) is 25.0 Å². The van der Waals surface area contributed by atoms with Crippen LogP contribution in [-0.4, -0.2) is 17.2 Å². The minimum atomic E-state index is -2.68. The molecule has 6 heteroatoms. The average Bonchev–Trinajstić information content (AvgIpc) is 2.44. The van der Waals surface area contributed by atoms with Gasteiger partial charge in [-0.15, -0.1) is 0 Å². The summed E-state index contributed by atoms with van der Waals surface area (Å²) in [5.74, 6) is 0.450. The zero-order valence-corrected chi connectivity index (χ0v) is 13.0. The van der Waals surface area contributed by atoms with Gasteiger partial charge >= 0.3 is 0 Å². The highest BCUT2D eigenvalue weighted by atomic mass is 31.2. The maximum absolute atomic E-state index is 12.8. The van der Waals surface area contributed by atoms with Crippen molar-refractivity contribution in [3.8, 4) is 5.75 Å². The number of non-ortho nitro benzene ring substituents is 1. The fourth-order valence-electron chi connectivity index (χ4n) is 1.82. The smallest absolute Gasteiger partial charge is 0.269 e. The number of unbranched alkanes of at least 4 members (excludes halogenated alkanes) is 2. The second-order valence-corrected chi connectivity index (χ2v) is 7.52. The predicted octanol–water partition coefficient (Wildman–Crippen LogP) is 4.85. The molecule has 0 saturated heterocycles.